The average Bonchev–Trinajstić information content (AvgIpc) is 2.79. The van der Waals surface area contributed by atoms with Crippen molar-refractivity contribution in [3.63, 3.8) is 0 Å². The third kappa shape index (κ3) is 2.00. The van der Waals surface area contributed by atoms with Gasteiger partial charge in [0.25, 0.3) is 0 Å². The maximum Gasteiger partial charge on any atom is 0.186 e. The Balaban J connectivity index is 1.66. The van der Waals surface area contributed by atoms with Crippen LogP contribution in [0.2, 0.25) is 0 Å². The molecule has 2 N–H and O–H groups in total. The molecular weight excluding hydrogens is 290 g/mol. The van der Waals surface area contributed by atoms with E-state index in [0.717, 1.165) is 32.1 Å². The van der Waals surface area contributed by atoms with Gasteiger partial charge >= 0.3 is 0 Å². The molecule has 0 spiro atoms. The van der Waals surface area contributed by atoms with Gasteiger partial charge in [0.05, 0.1) is 6.10 Å². The Kier molecular flexibility index (Phi) is 3.43. The van der Waals surface area contributed by atoms with Crippen LogP contribution >= 0.6 is 0 Å². The number of carbonyl (C=O) groups is 1. The van der Waals surface area contributed by atoms with Gasteiger partial charge < -0.3 is 10.3 Å². The molecule has 0 unspecified atom stereocenters. The standard InChI is InChI=1S/C19H29NO3/c1-18-7-5-12(21)9-11(18)3-4-13-14(18)6-8-19(2)15(13)10-16(20-23)17(19)22/h11-15,21,23H,3-10H2,1-2H3/t11-,12-,13+,14-,15-,18-,19-/m0/s1. The first-order chi connectivity index (χ1) is 10.9. The van der Waals surface area contributed by atoms with Gasteiger partial charge in [-0.25, -0.2) is 0 Å². The lowest BCUT2D eigenvalue weighted by atomic mass is 9.45. The number of hydrogen-bond donors (Lipinski definition) is 2. The predicted molar refractivity (Wildman–Crippen MR) is 87.3 cm³/mol. The van der Waals surface area contributed by atoms with E-state index >= 15 is 0 Å². The molecule has 4 aliphatic carbocycles. The first-order valence-corrected chi connectivity index (χ1v) is 9.34. The maximum absolute atomic E-state index is 12.6. The molecule has 0 heterocycles. The summed E-state index contributed by atoms with van der Waals surface area (Å²) in [5.74, 6) is 2.32. The summed E-state index contributed by atoms with van der Waals surface area (Å²) < 4.78 is 0. The summed E-state index contributed by atoms with van der Waals surface area (Å²) in [6.45, 7) is 4.55. The second-order valence-electron chi connectivity index (χ2n) is 9.12. The van der Waals surface area contributed by atoms with Gasteiger partial charge in [0, 0.05) is 11.8 Å². The predicted octanol–water partition coefficient (Wildman–Crippen LogP) is 3.40. The minimum atomic E-state index is -0.305. The van der Waals surface area contributed by atoms with Gasteiger partial charge in [-0.15, -0.1) is 0 Å². The number of rotatable bonds is 0. The molecule has 23 heavy (non-hydrogen) atoms. The van der Waals surface area contributed by atoms with E-state index in [2.05, 4.69) is 19.0 Å². The maximum atomic E-state index is 12.6. The highest BCUT2D eigenvalue weighted by atomic mass is 16.4. The number of oxime groups is 1. The summed E-state index contributed by atoms with van der Waals surface area (Å²) >= 11 is 0. The topological polar surface area (TPSA) is 69.9 Å². The molecule has 4 nitrogen and oxygen atoms in total. The fraction of sp³-hybridized carbons (Fsp3) is 0.895. The summed E-state index contributed by atoms with van der Waals surface area (Å²) in [4.78, 5) is 12.6. The Hall–Kier alpha value is -0.900. The van der Waals surface area contributed by atoms with Gasteiger partial charge in [-0.05, 0) is 74.0 Å². The van der Waals surface area contributed by atoms with Crippen LogP contribution in [0, 0.1) is 34.5 Å². The van der Waals surface area contributed by atoms with Gasteiger partial charge in [0.2, 0.25) is 0 Å². The molecule has 7 atom stereocenters. The third-order valence-corrected chi connectivity index (χ3v) is 8.34. The van der Waals surface area contributed by atoms with Crippen molar-refractivity contribution in [2.45, 2.75) is 71.3 Å². The molecule has 4 aliphatic rings. The lowest BCUT2D eigenvalue weighted by Crippen LogP contribution is -2.54. The Labute approximate surface area is 138 Å². The fourth-order valence-electron chi connectivity index (χ4n) is 6.93. The highest BCUT2D eigenvalue weighted by Crippen LogP contribution is 2.65. The first-order valence-electron chi connectivity index (χ1n) is 9.34. The van der Waals surface area contributed by atoms with E-state index in [1.54, 1.807) is 0 Å². The number of ketones is 1. The van der Waals surface area contributed by atoms with Gasteiger partial charge in [0.15, 0.2) is 5.78 Å². The molecule has 0 bridgehead atoms. The minimum Gasteiger partial charge on any atom is -0.411 e. The molecule has 0 aromatic rings. The summed E-state index contributed by atoms with van der Waals surface area (Å²) in [6.07, 6.45) is 7.97. The summed E-state index contributed by atoms with van der Waals surface area (Å²) in [7, 11) is 0. The molecule has 0 radical (unpaired) electrons. The largest absolute Gasteiger partial charge is 0.411 e. The highest BCUT2D eigenvalue weighted by Gasteiger charge is 2.61. The number of hydrogen-bond acceptors (Lipinski definition) is 4. The van der Waals surface area contributed by atoms with Gasteiger partial charge in [0.1, 0.15) is 5.71 Å². The van der Waals surface area contributed by atoms with Crippen LogP contribution in [0.4, 0.5) is 0 Å². The SMILES string of the molecule is C[C@]12CC[C@H](O)C[C@@H]1CC[C@@H]1[C@@H]2CC[C@]2(C)C(=O)C(=NO)C[C@@H]12. The zero-order valence-electron chi connectivity index (χ0n) is 14.3. The van der Waals surface area contributed by atoms with Crippen LogP contribution in [-0.2, 0) is 4.79 Å². The molecular formula is C19H29NO3. The van der Waals surface area contributed by atoms with Crippen molar-refractivity contribution in [1.82, 2.24) is 0 Å². The molecule has 0 aromatic carbocycles. The number of Topliss-reactive ketones (excluding diaryl/α,β-unsaturated/α-hetero) is 1. The van der Waals surface area contributed by atoms with Crippen LogP contribution in [-0.4, -0.2) is 27.9 Å². The van der Waals surface area contributed by atoms with Crippen LogP contribution in [0.1, 0.15) is 65.2 Å². The van der Waals surface area contributed by atoms with Gasteiger partial charge in [-0.1, -0.05) is 19.0 Å². The van der Waals surface area contributed by atoms with Crippen LogP contribution in [0.25, 0.3) is 0 Å². The molecule has 128 valence electrons. The van der Waals surface area contributed by atoms with Crippen LogP contribution in [0.15, 0.2) is 5.16 Å². The second-order valence-corrected chi connectivity index (χ2v) is 9.12. The fourth-order valence-corrected chi connectivity index (χ4v) is 6.93. The number of fused-ring (bicyclic) bond motifs is 5. The van der Waals surface area contributed by atoms with Crippen LogP contribution in [0.3, 0.4) is 0 Å². The molecule has 0 saturated heterocycles. The Morgan fingerprint density at radius 3 is 2.61 bits per heavy atom. The summed E-state index contributed by atoms with van der Waals surface area (Å²) in [6, 6.07) is 0. The van der Waals surface area contributed by atoms with Crippen molar-refractivity contribution in [3.8, 4) is 0 Å². The lowest BCUT2D eigenvalue weighted by molar-refractivity contribution is -0.141. The van der Waals surface area contributed by atoms with Gasteiger partial charge in [-0.2, -0.15) is 0 Å². The molecule has 0 aliphatic heterocycles. The summed E-state index contributed by atoms with van der Waals surface area (Å²) in [5, 5.41) is 22.6. The van der Waals surface area contributed by atoms with Crippen molar-refractivity contribution >= 4 is 11.5 Å². The Morgan fingerprint density at radius 1 is 1.09 bits per heavy atom. The van der Waals surface area contributed by atoms with E-state index < -0.39 is 0 Å². The number of nitrogens with zero attached hydrogens (tertiary/aromatic N) is 1. The number of aliphatic hydroxyl groups excluding tert-OH is 1. The summed E-state index contributed by atoms with van der Waals surface area (Å²) in [5.41, 5.74) is 0.427. The van der Waals surface area contributed by atoms with Crippen molar-refractivity contribution in [1.29, 1.82) is 0 Å². The van der Waals surface area contributed by atoms with E-state index in [4.69, 9.17) is 0 Å². The second kappa shape index (κ2) is 5.05. The quantitative estimate of drug-likeness (QED) is 0.531. The average molecular weight is 319 g/mol. The lowest BCUT2D eigenvalue weighted by Gasteiger charge is -2.59. The Bertz CT molecular complexity index is 559. The molecule has 4 fully saturated rings. The minimum absolute atomic E-state index is 0.0924. The normalized spacial score (nSPS) is 54.5. The molecule has 0 amide bonds. The van der Waals surface area contributed by atoms with Crippen LogP contribution < -0.4 is 0 Å². The number of carbonyl (C=O) groups excluding carboxylic acids is 1. The first kappa shape index (κ1) is 15.6. The zero-order valence-corrected chi connectivity index (χ0v) is 14.3. The smallest absolute Gasteiger partial charge is 0.186 e. The van der Waals surface area contributed by atoms with E-state index in [1.807, 2.05) is 0 Å². The van der Waals surface area contributed by atoms with E-state index in [1.165, 1.54) is 12.8 Å². The van der Waals surface area contributed by atoms with Gasteiger partial charge in [-0.3, -0.25) is 4.79 Å². The van der Waals surface area contributed by atoms with Crippen molar-refractivity contribution < 1.29 is 15.1 Å². The van der Waals surface area contributed by atoms with Crippen molar-refractivity contribution in [2.24, 2.45) is 39.7 Å². The molecule has 4 rings (SSSR count). The van der Waals surface area contributed by atoms with E-state index in [-0.39, 0.29) is 17.3 Å². The third-order valence-electron chi connectivity index (χ3n) is 8.34. The Morgan fingerprint density at radius 2 is 1.87 bits per heavy atom. The molecule has 0 aromatic heterocycles. The van der Waals surface area contributed by atoms with Crippen molar-refractivity contribution in [2.75, 3.05) is 0 Å². The molecule has 4 saturated carbocycles. The molecule has 4 heteroatoms. The zero-order chi connectivity index (χ0) is 16.4. The van der Waals surface area contributed by atoms with E-state index in [9.17, 15) is 15.1 Å². The van der Waals surface area contributed by atoms with Crippen molar-refractivity contribution in [3.05, 3.63) is 0 Å². The van der Waals surface area contributed by atoms with E-state index in [0.29, 0.717) is 41.2 Å². The highest BCUT2D eigenvalue weighted by molar-refractivity contribution is 6.43. The van der Waals surface area contributed by atoms with Crippen LogP contribution in [0.5, 0.6) is 0 Å². The number of aliphatic hydroxyl groups is 1. The monoisotopic (exact) mass is 319 g/mol.